The first kappa shape index (κ1) is 19.6. The molecule has 0 fully saturated rings. The molecule has 0 aliphatic carbocycles. The number of amides is 1. The summed E-state index contributed by atoms with van der Waals surface area (Å²) in [6, 6.07) is 15.5. The molecule has 2 aromatic carbocycles. The highest BCUT2D eigenvalue weighted by Crippen LogP contribution is 2.29. The standard InChI is InChI=1S/C23H19FN4O2S/c24-15-6-7-16-17(11-21(29)25-18(16)10-15)22(30)27-23-26-19-13-28(9-8-20(19)31-23)12-14-4-2-1-3-5-14/h1-7,10-11H,8-9,12-13H2,(H,25,29)(H,26,27,30). The summed E-state index contributed by atoms with van der Waals surface area (Å²) in [6.07, 6.45) is 0.878. The quantitative estimate of drug-likeness (QED) is 0.510. The number of hydrogen-bond donors (Lipinski definition) is 2. The van der Waals surface area contributed by atoms with Crippen molar-refractivity contribution in [3.63, 3.8) is 0 Å². The summed E-state index contributed by atoms with van der Waals surface area (Å²) in [5.74, 6) is -0.914. The Morgan fingerprint density at radius 2 is 2.03 bits per heavy atom. The zero-order valence-corrected chi connectivity index (χ0v) is 17.3. The van der Waals surface area contributed by atoms with Crippen LogP contribution >= 0.6 is 11.3 Å². The van der Waals surface area contributed by atoms with Crippen LogP contribution in [0, 0.1) is 5.82 Å². The van der Waals surface area contributed by atoms with Crippen LogP contribution in [0.2, 0.25) is 0 Å². The van der Waals surface area contributed by atoms with Crippen molar-refractivity contribution < 1.29 is 9.18 Å². The van der Waals surface area contributed by atoms with Crippen molar-refractivity contribution >= 4 is 33.3 Å². The molecule has 0 spiro atoms. The number of aromatic amines is 1. The Labute approximate surface area is 181 Å². The number of rotatable bonds is 4. The summed E-state index contributed by atoms with van der Waals surface area (Å²) in [4.78, 5) is 35.5. The molecule has 31 heavy (non-hydrogen) atoms. The summed E-state index contributed by atoms with van der Waals surface area (Å²) in [5, 5.41) is 3.80. The molecule has 8 heteroatoms. The number of halogens is 1. The molecule has 0 radical (unpaired) electrons. The van der Waals surface area contributed by atoms with Gasteiger partial charge in [-0.3, -0.25) is 19.8 Å². The van der Waals surface area contributed by atoms with Gasteiger partial charge >= 0.3 is 0 Å². The van der Waals surface area contributed by atoms with Crippen LogP contribution < -0.4 is 10.9 Å². The van der Waals surface area contributed by atoms with Gasteiger partial charge < -0.3 is 4.98 Å². The third-order valence-electron chi connectivity index (χ3n) is 5.33. The fourth-order valence-corrected chi connectivity index (χ4v) is 4.82. The molecule has 0 saturated heterocycles. The summed E-state index contributed by atoms with van der Waals surface area (Å²) in [5.41, 5.74) is 2.25. The predicted octanol–water partition coefficient (Wildman–Crippen LogP) is 3.93. The first-order chi connectivity index (χ1) is 15.0. The van der Waals surface area contributed by atoms with Gasteiger partial charge in [-0.2, -0.15) is 0 Å². The van der Waals surface area contributed by atoms with Gasteiger partial charge in [0.15, 0.2) is 5.13 Å². The van der Waals surface area contributed by atoms with Gasteiger partial charge in [0.2, 0.25) is 5.56 Å². The Kier molecular flexibility index (Phi) is 5.09. The zero-order valence-electron chi connectivity index (χ0n) is 16.5. The number of nitrogens with zero attached hydrogens (tertiary/aromatic N) is 2. The summed E-state index contributed by atoms with van der Waals surface area (Å²) < 4.78 is 13.5. The number of fused-ring (bicyclic) bond motifs is 2. The van der Waals surface area contributed by atoms with Gasteiger partial charge in [-0.15, -0.1) is 11.3 Å². The molecule has 2 N–H and O–H groups in total. The van der Waals surface area contributed by atoms with Gasteiger partial charge in [-0.25, -0.2) is 9.37 Å². The molecule has 0 atom stereocenters. The van der Waals surface area contributed by atoms with Crippen molar-refractivity contribution in [2.45, 2.75) is 19.5 Å². The number of aromatic nitrogens is 2. The first-order valence-corrected chi connectivity index (χ1v) is 10.8. The van der Waals surface area contributed by atoms with E-state index in [9.17, 15) is 14.0 Å². The second kappa shape index (κ2) is 8.05. The maximum atomic E-state index is 13.5. The fourth-order valence-electron chi connectivity index (χ4n) is 3.87. The maximum absolute atomic E-state index is 13.5. The number of carbonyl (C=O) groups excluding carboxylic acids is 1. The monoisotopic (exact) mass is 434 g/mol. The Morgan fingerprint density at radius 1 is 1.19 bits per heavy atom. The number of nitrogens with one attached hydrogen (secondary N) is 2. The minimum absolute atomic E-state index is 0.192. The molecule has 6 nitrogen and oxygen atoms in total. The van der Waals surface area contributed by atoms with Crippen LogP contribution in [0.5, 0.6) is 0 Å². The normalized spacial score (nSPS) is 13.8. The number of thiazole rings is 1. The number of pyridine rings is 1. The van der Waals surface area contributed by atoms with E-state index in [1.54, 1.807) is 0 Å². The van der Waals surface area contributed by atoms with E-state index in [0.29, 0.717) is 10.5 Å². The van der Waals surface area contributed by atoms with Crippen molar-refractivity contribution in [2.24, 2.45) is 0 Å². The Hall–Kier alpha value is -3.36. The van der Waals surface area contributed by atoms with Crippen LogP contribution in [0.1, 0.15) is 26.5 Å². The summed E-state index contributed by atoms with van der Waals surface area (Å²) in [7, 11) is 0. The minimum atomic E-state index is -0.478. The Balaban J connectivity index is 1.35. The zero-order chi connectivity index (χ0) is 21.4. The molecule has 0 bridgehead atoms. The molecule has 0 unspecified atom stereocenters. The molecule has 156 valence electrons. The molecule has 0 saturated carbocycles. The lowest BCUT2D eigenvalue weighted by Crippen LogP contribution is -2.29. The molecule has 4 aromatic rings. The van der Waals surface area contributed by atoms with Crippen LogP contribution in [-0.4, -0.2) is 27.3 Å². The third-order valence-corrected chi connectivity index (χ3v) is 6.40. The molecule has 1 aliphatic heterocycles. The largest absolute Gasteiger partial charge is 0.322 e. The second-order valence-electron chi connectivity index (χ2n) is 7.53. The number of anilines is 1. The molecule has 1 aliphatic rings. The SMILES string of the molecule is O=C(Nc1nc2c(s1)CCN(Cc1ccccc1)C2)c1cc(=O)[nH]c2cc(F)ccc12. The van der Waals surface area contributed by atoms with E-state index in [0.717, 1.165) is 36.6 Å². The van der Waals surface area contributed by atoms with Gasteiger partial charge in [0.25, 0.3) is 5.91 Å². The third kappa shape index (κ3) is 4.12. The lowest BCUT2D eigenvalue weighted by atomic mass is 10.1. The number of hydrogen-bond acceptors (Lipinski definition) is 5. The van der Waals surface area contributed by atoms with Crippen LogP contribution in [-0.2, 0) is 19.5 Å². The van der Waals surface area contributed by atoms with Crippen molar-refractivity contribution in [1.29, 1.82) is 0 Å². The van der Waals surface area contributed by atoms with E-state index in [1.165, 1.54) is 41.2 Å². The van der Waals surface area contributed by atoms with Gasteiger partial charge in [0.1, 0.15) is 5.82 Å². The van der Waals surface area contributed by atoms with E-state index >= 15 is 0 Å². The lowest BCUT2D eigenvalue weighted by molar-refractivity contribution is 0.102. The molecule has 3 heterocycles. The number of H-pyrrole nitrogens is 1. The van der Waals surface area contributed by atoms with Gasteiger partial charge in [-0.05, 0) is 30.2 Å². The second-order valence-corrected chi connectivity index (χ2v) is 8.61. The van der Waals surface area contributed by atoms with Crippen molar-refractivity contribution in [3.05, 3.63) is 92.5 Å². The minimum Gasteiger partial charge on any atom is -0.322 e. The highest BCUT2D eigenvalue weighted by molar-refractivity contribution is 7.15. The average molecular weight is 434 g/mol. The maximum Gasteiger partial charge on any atom is 0.258 e. The van der Waals surface area contributed by atoms with E-state index in [1.807, 2.05) is 18.2 Å². The molecule has 2 aromatic heterocycles. The molecular formula is C23H19FN4O2S. The molecular weight excluding hydrogens is 415 g/mol. The lowest BCUT2D eigenvalue weighted by Gasteiger charge is -2.25. The van der Waals surface area contributed by atoms with Crippen molar-refractivity contribution in [2.75, 3.05) is 11.9 Å². The number of benzene rings is 2. The van der Waals surface area contributed by atoms with Crippen LogP contribution in [0.25, 0.3) is 10.9 Å². The Morgan fingerprint density at radius 3 is 2.87 bits per heavy atom. The van der Waals surface area contributed by atoms with E-state index < -0.39 is 17.3 Å². The highest BCUT2D eigenvalue weighted by atomic mass is 32.1. The molecule has 1 amide bonds. The summed E-state index contributed by atoms with van der Waals surface area (Å²) in [6.45, 7) is 2.51. The average Bonchev–Trinajstić information content (AvgIpc) is 3.15. The fraction of sp³-hybridized carbons (Fsp3) is 0.174. The van der Waals surface area contributed by atoms with Gasteiger partial charge in [-0.1, -0.05) is 30.3 Å². The number of carbonyl (C=O) groups is 1. The van der Waals surface area contributed by atoms with E-state index in [-0.39, 0.29) is 11.1 Å². The van der Waals surface area contributed by atoms with Crippen molar-refractivity contribution in [1.82, 2.24) is 14.9 Å². The highest BCUT2D eigenvalue weighted by Gasteiger charge is 2.22. The summed E-state index contributed by atoms with van der Waals surface area (Å²) >= 11 is 1.46. The van der Waals surface area contributed by atoms with Gasteiger partial charge in [0, 0.05) is 36.0 Å². The van der Waals surface area contributed by atoms with Crippen molar-refractivity contribution in [3.8, 4) is 0 Å². The smallest absolute Gasteiger partial charge is 0.258 e. The van der Waals surface area contributed by atoms with E-state index in [2.05, 4.69) is 32.3 Å². The van der Waals surface area contributed by atoms with Crippen LogP contribution in [0.3, 0.4) is 0 Å². The Bertz CT molecular complexity index is 1330. The van der Waals surface area contributed by atoms with Gasteiger partial charge in [0.05, 0.1) is 16.8 Å². The van der Waals surface area contributed by atoms with E-state index in [4.69, 9.17) is 0 Å². The molecule has 5 rings (SSSR count). The topological polar surface area (TPSA) is 78.1 Å². The van der Waals surface area contributed by atoms with Crippen LogP contribution in [0.15, 0.2) is 59.4 Å². The first-order valence-electron chi connectivity index (χ1n) is 9.94. The predicted molar refractivity (Wildman–Crippen MR) is 119 cm³/mol. The van der Waals surface area contributed by atoms with Crippen LogP contribution in [0.4, 0.5) is 9.52 Å².